The van der Waals surface area contributed by atoms with E-state index in [1.165, 1.54) is 12.1 Å². The molecule has 0 aliphatic rings. The maximum absolute atomic E-state index is 13.9. The minimum absolute atomic E-state index is 0.250. The van der Waals surface area contributed by atoms with E-state index in [-0.39, 0.29) is 11.5 Å². The molecule has 27 heavy (non-hydrogen) atoms. The van der Waals surface area contributed by atoms with Gasteiger partial charge in [0.25, 0.3) is 0 Å². The number of hydrogen-bond donors (Lipinski definition) is 4. The molecular weight excluding hydrogens is 351 g/mol. The van der Waals surface area contributed by atoms with Gasteiger partial charge in [-0.05, 0) is 35.4 Å². The first-order valence-corrected chi connectivity index (χ1v) is 8.14. The monoisotopic (exact) mass is 370 g/mol. The predicted molar refractivity (Wildman–Crippen MR) is 97.7 cm³/mol. The summed E-state index contributed by atoms with van der Waals surface area (Å²) in [5.74, 6) is 0.889. The van der Waals surface area contributed by atoms with E-state index in [4.69, 9.17) is 20.9 Å². The van der Waals surface area contributed by atoms with Gasteiger partial charge in [0.05, 0.1) is 0 Å². The lowest BCUT2D eigenvalue weighted by Crippen LogP contribution is -2.07. The zero-order valence-corrected chi connectivity index (χ0v) is 14.2. The van der Waals surface area contributed by atoms with Gasteiger partial charge in [-0.15, -0.1) is 0 Å². The summed E-state index contributed by atoms with van der Waals surface area (Å²) in [4.78, 5) is 0. The fourth-order valence-corrected chi connectivity index (χ4v) is 2.39. The van der Waals surface area contributed by atoms with E-state index >= 15 is 0 Å². The van der Waals surface area contributed by atoms with E-state index in [1.807, 2.05) is 0 Å². The maximum atomic E-state index is 13.9. The molecule has 6 nitrogen and oxygen atoms in total. The Kier molecular flexibility index (Phi) is 5.68. The van der Waals surface area contributed by atoms with Crippen LogP contribution in [0.15, 0.2) is 66.7 Å². The Labute approximate surface area is 155 Å². The molecule has 0 heterocycles. The molecule has 0 saturated carbocycles. The van der Waals surface area contributed by atoms with Crippen LogP contribution in [0.1, 0.15) is 23.6 Å². The van der Waals surface area contributed by atoms with E-state index in [9.17, 15) is 14.6 Å². The number of hydrogen-bond acceptors (Lipinski definition) is 6. The summed E-state index contributed by atoms with van der Waals surface area (Å²) in [7, 11) is 0. The minimum Gasteiger partial charge on any atom is -0.457 e. The van der Waals surface area contributed by atoms with Crippen LogP contribution in [0.5, 0.6) is 23.0 Å². The normalized spacial score (nSPS) is 13.1. The molecule has 7 heteroatoms. The summed E-state index contributed by atoms with van der Waals surface area (Å²) >= 11 is 0. The molecule has 3 aromatic rings. The molecule has 2 atom stereocenters. The van der Waals surface area contributed by atoms with Crippen molar-refractivity contribution in [3.05, 3.63) is 83.7 Å². The lowest BCUT2D eigenvalue weighted by Gasteiger charge is -2.11. The Morgan fingerprint density at radius 2 is 1.00 bits per heavy atom. The fraction of sp³-hybridized carbons (Fsp3) is 0.100. The van der Waals surface area contributed by atoms with Gasteiger partial charge in [-0.1, -0.05) is 24.3 Å². The van der Waals surface area contributed by atoms with Crippen molar-refractivity contribution in [1.29, 1.82) is 0 Å². The van der Waals surface area contributed by atoms with Gasteiger partial charge in [-0.2, -0.15) is 0 Å². The highest BCUT2D eigenvalue weighted by molar-refractivity contribution is 5.41. The second-order valence-electron chi connectivity index (χ2n) is 5.85. The van der Waals surface area contributed by atoms with Crippen LogP contribution in [0.4, 0.5) is 4.39 Å². The van der Waals surface area contributed by atoms with Gasteiger partial charge in [-0.3, -0.25) is 0 Å². The molecule has 0 aliphatic heterocycles. The van der Waals surface area contributed by atoms with E-state index in [1.54, 1.807) is 54.6 Å². The second kappa shape index (κ2) is 8.15. The topological polar surface area (TPSA) is 111 Å². The van der Waals surface area contributed by atoms with Crippen molar-refractivity contribution in [3.8, 4) is 23.0 Å². The standard InChI is InChI=1S/C20H19FN2O4/c21-14-9-17(26-15-5-1-12(2-6-15)19(22)24)11-18(10-14)27-16-7-3-13(4-8-16)20(23)25/h1-11,19-20,24-25H,22-23H2. The molecule has 6 N–H and O–H groups in total. The molecule has 3 aromatic carbocycles. The highest BCUT2D eigenvalue weighted by atomic mass is 19.1. The van der Waals surface area contributed by atoms with Gasteiger partial charge in [0.1, 0.15) is 41.3 Å². The van der Waals surface area contributed by atoms with E-state index in [2.05, 4.69) is 0 Å². The molecule has 140 valence electrons. The van der Waals surface area contributed by atoms with Crippen molar-refractivity contribution in [2.24, 2.45) is 11.5 Å². The second-order valence-corrected chi connectivity index (χ2v) is 5.85. The Balaban J connectivity index is 1.75. The van der Waals surface area contributed by atoms with Gasteiger partial charge in [0.15, 0.2) is 0 Å². The Morgan fingerprint density at radius 3 is 1.33 bits per heavy atom. The lowest BCUT2D eigenvalue weighted by molar-refractivity contribution is 0.186. The number of aliphatic hydroxyl groups excluding tert-OH is 2. The summed E-state index contributed by atoms with van der Waals surface area (Å²) in [6.07, 6.45) is -2.14. The largest absolute Gasteiger partial charge is 0.457 e. The van der Waals surface area contributed by atoms with Crippen molar-refractivity contribution >= 4 is 0 Å². The molecule has 2 unspecified atom stereocenters. The summed E-state index contributed by atoms with van der Waals surface area (Å²) in [5.41, 5.74) is 11.8. The first-order chi connectivity index (χ1) is 12.9. The van der Waals surface area contributed by atoms with Crippen molar-refractivity contribution in [1.82, 2.24) is 0 Å². The molecule has 0 saturated heterocycles. The smallest absolute Gasteiger partial charge is 0.134 e. The number of nitrogens with two attached hydrogens (primary N) is 2. The SMILES string of the molecule is NC(O)c1ccc(Oc2cc(F)cc(Oc3ccc(C(N)O)cc3)c2)cc1. The first-order valence-electron chi connectivity index (χ1n) is 8.14. The van der Waals surface area contributed by atoms with Gasteiger partial charge >= 0.3 is 0 Å². The third kappa shape index (κ3) is 5.02. The van der Waals surface area contributed by atoms with Gasteiger partial charge in [0, 0.05) is 18.2 Å². The molecular formula is C20H19FN2O4. The van der Waals surface area contributed by atoms with E-state index < -0.39 is 18.3 Å². The molecule has 0 fully saturated rings. The molecule has 0 radical (unpaired) electrons. The highest BCUT2D eigenvalue weighted by Crippen LogP contribution is 2.30. The molecule has 0 aliphatic carbocycles. The zero-order chi connectivity index (χ0) is 19.4. The van der Waals surface area contributed by atoms with Crippen LogP contribution in [0.3, 0.4) is 0 Å². The third-order valence-corrected chi connectivity index (χ3v) is 3.76. The van der Waals surface area contributed by atoms with Crippen LogP contribution in [-0.2, 0) is 0 Å². The summed E-state index contributed by atoms with van der Waals surface area (Å²) in [6, 6.07) is 16.9. The van der Waals surface area contributed by atoms with Crippen molar-refractivity contribution in [3.63, 3.8) is 0 Å². The maximum Gasteiger partial charge on any atom is 0.134 e. The van der Waals surface area contributed by atoms with Crippen LogP contribution < -0.4 is 20.9 Å². The number of aliphatic hydroxyl groups is 2. The van der Waals surface area contributed by atoms with Crippen molar-refractivity contribution in [2.45, 2.75) is 12.5 Å². The van der Waals surface area contributed by atoms with Crippen LogP contribution in [0.25, 0.3) is 0 Å². The van der Waals surface area contributed by atoms with Gasteiger partial charge in [0.2, 0.25) is 0 Å². The van der Waals surface area contributed by atoms with E-state index in [0.717, 1.165) is 0 Å². The molecule has 0 bridgehead atoms. The number of halogens is 1. The molecule has 0 spiro atoms. The highest BCUT2D eigenvalue weighted by Gasteiger charge is 2.08. The minimum atomic E-state index is -1.07. The van der Waals surface area contributed by atoms with Gasteiger partial charge in [-0.25, -0.2) is 4.39 Å². The lowest BCUT2D eigenvalue weighted by atomic mass is 10.2. The number of rotatable bonds is 6. The Hall–Kier alpha value is -2.97. The average Bonchev–Trinajstić information content (AvgIpc) is 2.62. The third-order valence-electron chi connectivity index (χ3n) is 3.76. The fourth-order valence-electron chi connectivity index (χ4n) is 2.39. The quantitative estimate of drug-likeness (QED) is 0.496. The Bertz CT molecular complexity index is 825. The molecule has 0 aromatic heterocycles. The van der Waals surface area contributed by atoms with Crippen LogP contribution in [0, 0.1) is 5.82 Å². The number of ether oxygens (including phenoxy) is 2. The predicted octanol–water partition coefficient (Wildman–Crippen LogP) is 3.31. The molecule has 0 amide bonds. The van der Waals surface area contributed by atoms with E-state index in [0.29, 0.717) is 22.6 Å². The van der Waals surface area contributed by atoms with Crippen molar-refractivity contribution < 1.29 is 24.1 Å². The first kappa shape index (κ1) is 18.8. The van der Waals surface area contributed by atoms with Crippen LogP contribution in [-0.4, -0.2) is 10.2 Å². The summed E-state index contributed by atoms with van der Waals surface area (Å²) in [6.45, 7) is 0. The van der Waals surface area contributed by atoms with Crippen LogP contribution in [0.2, 0.25) is 0 Å². The average molecular weight is 370 g/mol. The summed E-state index contributed by atoms with van der Waals surface area (Å²) < 4.78 is 25.2. The van der Waals surface area contributed by atoms with Crippen LogP contribution >= 0.6 is 0 Å². The Morgan fingerprint density at radius 1 is 0.630 bits per heavy atom. The number of benzene rings is 3. The van der Waals surface area contributed by atoms with Gasteiger partial charge < -0.3 is 31.2 Å². The summed E-state index contributed by atoms with van der Waals surface area (Å²) in [5, 5.41) is 18.6. The molecule has 3 rings (SSSR count). The van der Waals surface area contributed by atoms with Crippen molar-refractivity contribution in [2.75, 3.05) is 0 Å². The zero-order valence-electron chi connectivity index (χ0n) is 14.2.